The minimum Gasteiger partial charge on any atom is -0.381 e. The Morgan fingerprint density at radius 2 is 2.47 bits per heavy atom. The van der Waals surface area contributed by atoms with E-state index in [4.69, 9.17) is 5.73 Å². The standard InChI is InChI=1S/C9H13BrN4O/c1-13-3-6(2-8(13)15)4-14-5-7(10)9(11)12-14/h5-6H,2-4H2,1H3,(H2,11,12). The van der Waals surface area contributed by atoms with Crippen LogP contribution in [-0.4, -0.2) is 34.2 Å². The predicted molar refractivity (Wildman–Crippen MR) is 60.1 cm³/mol. The number of nitrogens with zero attached hydrogens (tertiary/aromatic N) is 3. The number of hydrogen-bond acceptors (Lipinski definition) is 3. The van der Waals surface area contributed by atoms with Crippen LogP contribution in [0, 0.1) is 5.92 Å². The molecule has 0 radical (unpaired) electrons. The van der Waals surface area contributed by atoms with Crippen molar-refractivity contribution in [2.45, 2.75) is 13.0 Å². The second-order valence-corrected chi connectivity index (χ2v) is 4.78. The Balaban J connectivity index is 2.01. The Bertz CT molecular complexity index is 370. The molecule has 1 atom stereocenters. The number of rotatable bonds is 2. The van der Waals surface area contributed by atoms with Gasteiger partial charge in [0.2, 0.25) is 5.91 Å². The first-order valence-corrected chi connectivity index (χ1v) is 5.58. The highest BCUT2D eigenvalue weighted by atomic mass is 79.9. The van der Waals surface area contributed by atoms with Crippen molar-refractivity contribution in [2.75, 3.05) is 19.3 Å². The molecule has 1 aromatic heterocycles. The SMILES string of the molecule is CN1CC(Cn2cc(Br)c(N)n2)CC1=O. The van der Waals surface area contributed by atoms with Gasteiger partial charge in [-0.1, -0.05) is 0 Å². The molecule has 1 unspecified atom stereocenters. The van der Waals surface area contributed by atoms with Gasteiger partial charge >= 0.3 is 0 Å². The Hall–Kier alpha value is -1.04. The molecule has 5 nitrogen and oxygen atoms in total. The molecule has 0 aromatic carbocycles. The molecule has 0 saturated carbocycles. The van der Waals surface area contributed by atoms with E-state index in [1.165, 1.54) is 0 Å². The molecular weight excluding hydrogens is 260 g/mol. The highest BCUT2D eigenvalue weighted by molar-refractivity contribution is 9.10. The van der Waals surface area contributed by atoms with E-state index >= 15 is 0 Å². The summed E-state index contributed by atoms with van der Waals surface area (Å²) in [5, 5.41) is 4.14. The van der Waals surface area contributed by atoms with Crippen LogP contribution in [0.15, 0.2) is 10.7 Å². The molecule has 15 heavy (non-hydrogen) atoms. The third-order valence-electron chi connectivity index (χ3n) is 2.61. The lowest BCUT2D eigenvalue weighted by atomic mass is 10.1. The number of amides is 1. The number of carbonyl (C=O) groups is 1. The maximum atomic E-state index is 11.3. The average molecular weight is 273 g/mol. The van der Waals surface area contributed by atoms with E-state index in [1.54, 1.807) is 9.58 Å². The second kappa shape index (κ2) is 3.84. The van der Waals surface area contributed by atoms with Crippen LogP contribution in [0.4, 0.5) is 5.82 Å². The third-order valence-corrected chi connectivity index (χ3v) is 3.22. The van der Waals surface area contributed by atoms with Crippen LogP contribution in [0.3, 0.4) is 0 Å². The zero-order valence-electron chi connectivity index (χ0n) is 8.48. The molecule has 1 aliphatic heterocycles. The molecule has 0 bridgehead atoms. The van der Waals surface area contributed by atoms with E-state index in [2.05, 4.69) is 21.0 Å². The average Bonchev–Trinajstić information content (AvgIpc) is 2.59. The third kappa shape index (κ3) is 2.14. The van der Waals surface area contributed by atoms with E-state index in [9.17, 15) is 4.79 Å². The van der Waals surface area contributed by atoms with Crippen LogP contribution in [0.25, 0.3) is 0 Å². The summed E-state index contributed by atoms with van der Waals surface area (Å²) in [5.41, 5.74) is 5.61. The summed E-state index contributed by atoms with van der Waals surface area (Å²) in [6, 6.07) is 0. The van der Waals surface area contributed by atoms with Crippen LogP contribution in [0.1, 0.15) is 6.42 Å². The summed E-state index contributed by atoms with van der Waals surface area (Å²) in [7, 11) is 1.83. The molecule has 0 spiro atoms. The normalized spacial score (nSPS) is 21.3. The van der Waals surface area contributed by atoms with Crippen LogP contribution in [0.5, 0.6) is 0 Å². The van der Waals surface area contributed by atoms with Crippen molar-refractivity contribution in [1.82, 2.24) is 14.7 Å². The highest BCUT2D eigenvalue weighted by Crippen LogP contribution is 2.21. The fraction of sp³-hybridized carbons (Fsp3) is 0.556. The summed E-state index contributed by atoms with van der Waals surface area (Å²) in [6.45, 7) is 1.54. The van der Waals surface area contributed by atoms with Gasteiger partial charge in [0, 0.05) is 38.7 Å². The number of nitrogen functional groups attached to an aromatic ring is 1. The molecule has 6 heteroatoms. The monoisotopic (exact) mass is 272 g/mol. The van der Waals surface area contributed by atoms with Crippen LogP contribution in [0.2, 0.25) is 0 Å². The minimum atomic E-state index is 0.208. The van der Waals surface area contributed by atoms with Crippen LogP contribution >= 0.6 is 15.9 Å². The molecule has 1 aliphatic rings. The zero-order chi connectivity index (χ0) is 11.0. The molecule has 1 fully saturated rings. The van der Waals surface area contributed by atoms with E-state index in [-0.39, 0.29) is 5.91 Å². The Morgan fingerprint density at radius 1 is 1.73 bits per heavy atom. The van der Waals surface area contributed by atoms with Crippen molar-refractivity contribution in [3.05, 3.63) is 10.7 Å². The highest BCUT2D eigenvalue weighted by Gasteiger charge is 2.27. The Morgan fingerprint density at radius 3 is 2.93 bits per heavy atom. The van der Waals surface area contributed by atoms with Gasteiger partial charge in [0.15, 0.2) is 5.82 Å². The van der Waals surface area contributed by atoms with Crippen molar-refractivity contribution >= 4 is 27.7 Å². The number of likely N-dealkylation sites (tertiary alicyclic amines) is 1. The molecule has 2 heterocycles. The number of halogens is 1. The lowest BCUT2D eigenvalue weighted by molar-refractivity contribution is -0.126. The van der Waals surface area contributed by atoms with Gasteiger partial charge in [-0.2, -0.15) is 5.10 Å². The number of aromatic nitrogens is 2. The molecular formula is C9H13BrN4O. The van der Waals surface area contributed by atoms with Crippen LogP contribution < -0.4 is 5.73 Å². The fourth-order valence-corrected chi connectivity index (χ4v) is 2.16. The van der Waals surface area contributed by atoms with Gasteiger partial charge in [-0.05, 0) is 15.9 Å². The molecule has 0 aliphatic carbocycles. The minimum absolute atomic E-state index is 0.208. The number of nitrogens with two attached hydrogens (primary N) is 1. The smallest absolute Gasteiger partial charge is 0.222 e. The van der Waals surface area contributed by atoms with Gasteiger partial charge in [0.25, 0.3) is 0 Å². The first kappa shape index (κ1) is 10.5. The van der Waals surface area contributed by atoms with Gasteiger partial charge in [-0.15, -0.1) is 0 Å². The van der Waals surface area contributed by atoms with E-state index in [0.717, 1.165) is 17.6 Å². The quantitative estimate of drug-likeness (QED) is 0.863. The number of hydrogen-bond donors (Lipinski definition) is 1. The van der Waals surface area contributed by atoms with Crippen LogP contribution in [-0.2, 0) is 11.3 Å². The maximum Gasteiger partial charge on any atom is 0.222 e. The van der Waals surface area contributed by atoms with Crippen molar-refractivity contribution < 1.29 is 4.79 Å². The van der Waals surface area contributed by atoms with Gasteiger partial charge in [-0.3, -0.25) is 9.48 Å². The van der Waals surface area contributed by atoms with Crippen molar-refractivity contribution in [3.63, 3.8) is 0 Å². The topological polar surface area (TPSA) is 64.2 Å². The zero-order valence-corrected chi connectivity index (χ0v) is 10.1. The molecule has 2 rings (SSSR count). The molecule has 1 saturated heterocycles. The maximum absolute atomic E-state index is 11.3. The predicted octanol–water partition coefficient (Wildman–Crippen LogP) is 0.706. The lowest BCUT2D eigenvalue weighted by Crippen LogP contribution is -2.20. The van der Waals surface area contributed by atoms with Gasteiger partial charge in [0.1, 0.15) is 0 Å². The van der Waals surface area contributed by atoms with E-state index in [0.29, 0.717) is 18.2 Å². The van der Waals surface area contributed by atoms with Gasteiger partial charge < -0.3 is 10.6 Å². The molecule has 1 aromatic rings. The van der Waals surface area contributed by atoms with E-state index in [1.807, 2.05) is 13.2 Å². The Labute approximate surface area is 96.4 Å². The lowest BCUT2D eigenvalue weighted by Gasteiger charge is -2.09. The van der Waals surface area contributed by atoms with Crippen molar-refractivity contribution in [3.8, 4) is 0 Å². The summed E-state index contributed by atoms with van der Waals surface area (Å²) >= 11 is 3.30. The van der Waals surface area contributed by atoms with Crippen molar-refractivity contribution in [2.24, 2.45) is 5.92 Å². The van der Waals surface area contributed by atoms with Crippen molar-refractivity contribution in [1.29, 1.82) is 0 Å². The summed E-state index contributed by atoms with van der Waals surface area (Å²) in [4.78, 5) is 13.1. The van der Waals surface area contributed by atoms with Gasteiger partial charge in [-0.25, -0.2) is 0 Å². The molecule has 1 amide bonds. The Kier molecular flexibility index (Phi) is 2.68. The second-order valence-electron chi connectivity index (χ2n) is 3.93. The fourth-order valence-electron chi connectivity index (χ4n) is 1.85. The molecule has 2 N–H and O–H groups in total. The first-order chi connectivity index (χ1) is 7.06. The summed E-state index contributed by atoms with van der Waals surface area (Å²) in [5.74, 6) is 1.04. The van der Waals surface area contributed by atoms with Gasteiger partial charge in [0.05, 0.1) is 4.47 Å². The number of anilines is 1. The largest absolute Gasteiger partial charge is 0.381 e. The summed E-state index contributed by atoms with van der Waals surface area (Å²) < 4.78 is 2.59. The van der Waals surface area contributed by atoms with E-state index < -0.39 is 0 Å². The number of carbonyl (C=O) groups excluding carboxylic acids is 1. The summed E-state index contributed by atoms with van der Waals surface area (Å²) in [6.07, 6.45) is 2.45. The first-order valence-electron chi connectivity index (χ1n) is 4.78. The molecule has 82 valence electrons.